The number of anilines is 2. The van der Waals surface area contributed by atoms with Gasteiger partial charge in [0.15, 0.2) is 0 Å². The third-order valence-corrected chi connectivity index (χ3v) is 7.36. The molecule has 3 aromatic rings. The third-order valence-electron chi connectivity index (χ3n) is 5.60. The lowest BCUT2D eigenvalue weighted by Gasteiger charge is -2.21. The fourth-order valence-corrected chi connectivity index (χ4v) is 5.30. The number of hydrogen-bond donors (Lipinski definition) is 3. The maximum absolute atomic E-state index is 13.3. The Morgan fingerprint density at radius 1 is 1.09 bits per heavy atom. The van der Waals surface area contributed by atoms with E-state index in [0.29, 0.717) is 28.6 Å². The number of nitrogens with one attached hydrogen (secondary N) is 3. The van der Waals surface area contributed by atoms with E-state index in [-0.39, 0.29) is 23.6 Å². The van der Waals surface area contributed by atoms with Crippen molar-refractivity contribution in [2.75, 3.05) is 17.7 Å². The van der Waals surface area contributed by atoms with E-state index in [0.717, 1.165) is 11.1 Å². The molecule has 0 aromatic heterocycles. The van der Waals surface area contributed by atoms with E-state index in [2.05, 4.69) is 15.4 Å². The van der Waals surface area contributed by atoms with E-state index in [9.17, 15) is 18.0 Å². The fraction of sp³-hybridized carbons (Fsp3) is 0.200. The van der Waals surface area contributed by atoms with Gasteiger partial charge in [-0.05, 0) is 60.4 Å². The molecule has 35 heavy (non-hydrogen) atoms. The number of aryl methyl sites for hydroxylation is 1. The normalized spacial score (nSPS) is 13.9. The molecule has 0 unspecified atom stereocenters. The summed E-state index contributed by atoms with van der Waals surface area (Å²) < 4.78 is 34.2. The van der Waals surface area contributed by atoms with Gasteiger partial charge in [0.2, 0.25) is 21.8 Å². The van der Waals surface area contributed by atoms with Crippen LogP contribution in [-0.2, 0) is 32.5 Å². The van der Waals surface area contributed by atoms with Crippen LogP contribution in [0.4, 0.5) is 11.4 Å². The summed E-state index contributed by atoms with van der Waals surface area (Å²) in [5.41, 5.74) is 2.51. The number of amides is 2. The monoisotopic (exact) mass is 513 g/mol. The van der Waals surface area contributed by atoms with E-state index in [1.165, 1.54) is 25.3 Å². The van der Waals surface area contributed by atoms with Crippen LogP contribution in [0.1, 0.15) is 17.5 Å². The maximum Gasteiger partial charge on any atom is 0.242 e. The molecule has 3 N–H and O–H groups in total. The van der Waals surface area contributed by atoms with Crippen LogP contribution in [0.25, 0.3) is 0 Å². The summed E-state index contributed by atoms with van der Waals surface area (Å²) in [5.74, 6) is -0.192. The van der Waals surface area contributed by atoms with Crippen molar-refractivity contribution >= 4 is 44.8 Å². The van der Waals surface area contributed by atoms with Gasteiger partial charge in [0.1, 0.15) is 11.8 Å². The molecule has 0 saturated carbocycles. The Kier molecular flexibility index (Phi) is 7.39. The van der Waals surface area contributed by atoms with E-state index >= 15 is 0 Å². The molecule has 1 atom stereocenters. The van der Waals surface area contributed by atoms with Gasteiger partial charge in [-0.2, -0.15) is 4.72 Å². The molecular weight excluding hydrogens is 490 g/mol. The first kappa shape index (κ1) is 24.7. The van der Waals surface area contributed by atoms with Gasteiger partial charge in [0.25, 0.3) is 0 Å². The number of halogens is 1. The highest BCUT2D eigenvalue weighted by molar-refractivity contribution is 7.89. The Morgan fingerprint density at radius 2 is 1.86 bits per heavy atom. The molecule has 1 heterocycles. The minimum Gasteiger partial charge on any atom is -0.495 e. The third kappa shape index (κ3) is 6.00. The molecule has 0 radical (unpaired) electrons. The Morgan fingerprint density at radius 3 is 2.57 bits per heavy atom. The average molecular weight is 514 g/mol. The summed E-state index contributed by atoms with van der Waals surface area (Å²) in [4.78, 5) is 24.8. The predicted octanol–water partition coefficient (Wildman–Crippen LogP) is 3.76. The van der Waals surface area contributed by atoms with Crippen molar-refractivity contribution in [2.45, 2.75) is 30.2 Å². The second kappa shape index (κ2) is 10.5. The Balaban J connectivity index is 1.59. The zero-order valence-electron chi connectivity index (χ0n) is 18.9. The van der Waals surface area contributed by atoms with Gasteiger partial charge < -0.3 is 15.4 Å². The quantitative estimate of drug-likeness (QED) is 0.424. The van der Waals surface area contributed by atoms with Crippen molar-refractivity contribution in [3.8, 4) is 5.75 Å². The van der Waals surface area contributed by atoms with Crippen LogP contribution >= 0.6 is 11.6 Å². The molecule has 1 aliphatic rings. The van der Waals surface area contributed by atoms with Crippen molar-refractivity contribution in [2.24, 2.45) is 0 Å². The maximum atomic E-state index is 13.3. The second-order valence-corrected chi connectivity index (χ2v) is 10.2. The van der Waals surface area contributed by atoms with Gasteiger partial charge in [0, 0.05) is 17.8 Å². The molecule has 0 saturated heterocycles. The van der Waals surface area contributed by atoms with Gasteiger partial charge in [-0.15, -0.1) is 0 Å². The van der Waals surface area contributed by atoms with E-state index < -0.39 is 22.0 Å². The second-order valence-electron chi connectivity index (χ2n) is 8.07. The zero-order chi connectivity index (χ0) is 25.0. The summed E-state index contributed by atoms with van der Waals surface area (Å²) in [7, 11) is -2.57. The number of fused-ring (bicyclic) bond motifs is 1. The number of ether oxygens (including phenoxy) is 1. The van der Waals surface area contributed by atoms with E-state index in [1.807, 2.05) is 30.3 Å². The standard InChI is InChI=1S/C25H24ClN3O5S/c1-34-23-11-8-18(15-20(23)26)27-25(31)22(13-16-5-3-2-4-6-16)29-35(32,33)19-9-10-21-17(14-19)7-12-24(30)28-21/h2-6,8-11,14-15,22,29H,7,12-13H2,1H3,(H,27,31)(H,28,30)/t22-/m0/s1. The Labute approximate surface area is 208 Å². The summed E-state index contributed by atoms with van der Waals surface area (Å²) in [5, 5.41) is 5.77. The van der Waals surface area contributed by atoms with Crippen molar-refractivity contribution in [1.29, 1.82) is 0 Å². The number of rotatable bonds is 8. The number of benzene rings is 3. The molecule has 0 bridgehead atoms. The average Bonchev–Trinajstić information content (AvgIpc) is 2.84. The molecule has 0 spiro atoms. The van der Waals surface area contributed by atoms with Gasteiger partial charge in [-0.1, -0.05) is 41.9 Å². The molecule has 182 valence electrons. The van der Waals surface area contributed by atoms with E-state index in [1.54, 1.807) is 18.2 Å². The number of carbonyl (C=O) groups is 2. The molecule has 3 aromatic carbocycles. The highest BCUT2D eigenvalue weighted by Crippen LogP contribution is 2.28. The smallest absolute Gasteiger partial charge is 0.242 e. The summed E-state index contributed by atoms with van der Waals surface area (Å²) >= 11 is 6.16. The molecular formula is C25H24ClN3O5S. The van der Waals surface area contributed by atoms with Gasteiger partial charge in [-0.3, -0.25) is 9.59 Å². The highest BCUT2D eigenvalue weighted by atomic mass is 35.5. The lowest BCUT2D eigenvalue weighted by molar-refractivity contribution is -0.118. The Hall–Kier alpha value is -3.40. The Bertz CT molecular complexity index is 1360. The topological polar surface area (TPSA) is 114 Å². The van der Waals surface area contributed by atoms with Crippen LogP contribution in [0, 0.1) is 0 Å². The summed E-state index contributed by atoms with van der Waals surface area (Å²) in [6.07, 6.45) is 0.862. The summed E-state index contributed by atoms with van der Waals surface area (Å²) in [6, 6.07) is 17.3. The van der Waals surface area contributed by atoms with Crippen LogP contribution < -0.4 is 20.1 Å². The van der Waals surface area contributed by atoms with Crippen molar-refractivity contribution in [1.82, 2.24) is 4.72 Å². The predicted molar refractivity (Wildman–Crippen MR) is 134 cm³/mol. The first-order chi connectivity index (χ1) is 16.7. The molecule has 4 rings (SSSR count). The number of methoxy groups -OCH3 is 1. The lowest BCUT2D eigenvalue weighted by Crippen LogP contribution is -2.45. The van der Waals surface area contributed by atoms with Crippen LogP contribution in [-0.4, -0.2) is 33.4 Å². The van der Waals surface area contributed by atoms with Gasteiger partial charge in [0.05, 0.1) is 17.0 Å². The van der Waals surface area contributed by atoms with E-state index in [4.69, 9.17) is 16.3 Å². The molecule has 2 amide bonds. The zero-order valence-corrected chi connectivity index (χ0v) is 20.4. The largest absolute Gasteiger partial charge is 0.495 e. The summed E-state index contributed by atoms with van der Waals surface area (Å²) in [6.45, 7) is 0. The van der Waals surface area contributed by atoms with Crippen molar-refractivity contribution < 1.29 is 22.7 Å². The fourth-order valence-electron chi connectivity index (χ4n) is 3.79. The molecule has 0 fully saturated rings. The number of carbonyl (C=O) groups excluding carboxylic acids is 2. The number of hydrogen-bond acceptors (Lipinski definition) is 5. The van der Waals surface area contributed by atoms with Gasteiger partial charge >= 0.3 is 0 Å². The lowest BCUT2D eigenvalue weighted by atomic mass is 10.0. The minimum absolute atomic E-state index is 0.0192. The van der Waals surface area contributed by atoms with Crippen LogP contribution in [0.3, 0.4) is 0 Å². The molecule has 1 aliphatic heterocycles. The molecule has 10 heteroatoms. The molecule has 8 nitrogen and oxygen atoms in total. The van der Waals surface area contributed by atoms with Gasteiger partial charge in [-0.25, -0.2) is 8.42 Å². The van der Waals surface area contributed by atoms with Crippen LogP contribution in [0.15, 0.2) is 71.6 Å². The van der Waals surface area contributed by atoms with Crippen molar-refractivity contribution in [3.05, 3.63) is 82.9 Å². The number of sulfonamides is 1. The molecule has 0 aliphatic carbocycles. The van der Waals surface area contributed by atoms with Crippen LogP contribution in [0.5, 0.6) is 5.75 Å². The van der Waals surface area contributed by atoms with Crippen LogP contribution in [0.2, 0.25) is 5.02 Å². The highest BCUT2D eigenvalue weighted by Gasteiger charge is 2.27. The minimum atomic E-state index is -4.05. The van der Waals surface area contributed by atoms with Crippen molar-refractivity contribution in [3.63, 3.8) is 0 Å². The first-order valence-electron chi connectivity index (χ1n) is 10.9. The SMILES string of the molecule is COc1ccc(NC(=O)[C@H](Cc2ccccc2)NS(=O)(=O)c2ccc3c(c2)CCC(=O)N3)cc1Cl. The first-order valence-corrected chi connectivity index (χ1v) is 12.7.